The molecule has 1 fully saturated rings. The van der Waals surface area contributed by atoms with Gasteiger partial charge in [-0.2, -0.15) is 0 Å². The van der Waals surface area contributed by atoms with Crippen molar-refractivity contribution in [3.05, 3.63) is 59.5 Å². The molecule has 0 aromatic carbocycles. The van der Waals surface area contributed by atoms with Crippen LogP contribution in [0.1, 0.15) is 30.4 Å². The van der Waals surface area contributed by atoms with Gasteiger partial charge in [0.25, 0.3) is 0 Å². The van der Waals surface area contributed by atoms with Gasteiger partial charge in [0, 0.05) is 22.3 Å². The highest BCUT2D eigenvalue weighted by molar-refractivity contribution is 6.13. The zero-order chi connectivity index (χ0) is 13.1. The van der Waals surface area contributed by atoms with Crippen LogP contribution in [0.5, 0.6) is 0 Å². The molecular formula is C16H14O3. The van der Waals surface area contributed by atoms with E-state index in [1.807, 2.05) is 24.3 Å². The minimum absolute atomic E-state index is 0.133. The van der Waals surface area contributed by atoms with E-state index in [0.717, 1.165) is 41.5 Å². The minimum Gasteiger partial charge on any atom is -0.472 e. The second kappa shape index (κ2) is 5.14. The van der Waals surface area contributed by atoms with Crippen molar-refractivity contribution in [2.24, 2.45) is 0 Å². The lowest BCUT2D eigenvalue weighted by molar-refractivity contribution is -0.112. The van der Waals surface area contributed by atoms with Gasteiger partial charge in [-0.1, -0.05) is 0 Å². The number of hydrogen-bond donors (Lipinski definition) is 0. The monoisotopic (exact) mass is 254 g/mol. The highest BCUT2D eigenvalue weighted by Gasteiger charge is 2.20. The second-order valence-electron chi connectivity index (χ2n) is 4.64. The molecule has 3 heteroatoms. The summed E-state index contributed by atoms with van der Waals surface area (Å²) >= 11 is 0. The molecule has 2 aromatic rings. The van der Waals surface area contributed by atoms with Crippen molar-refractivity contribution in [2.75, 3.05) is 0 Å². The first-order valence-electron chi connectivity index (χ1n) is 6.33. The minimum atomic E-state index is 0.133. The SMILES string of the molecule is O=C1/C(=C\c2ccoc2)CCC/C1=C/c1ccoc1. The number of allylic oxidation sites excluding steroid dienone is 2. The molecule has 0 amide bonds. The molecule has 0 radical (unpaired) electrons. The van der Waals surface area contributed by atoms with Gasteiger partial charge in [0.2, 0.25) is 0 Å². The van der Waals surface area contributed by atoms with Crippen molar-refractivity contribution < 1.29 is 13.6 Å². The van der Waals surface area contributed by atoms with Crippen molar-refractivity contribution in [2.45, 2.75) is 19.3 Å². The van der Waals surface area contributed by atoms with E-state index in [1.54, 1.807) is 25.1 Å². The number of carbonyl (C=O) groups is 1. The van der Waals surface area contributed by atoms with Gasteiger partial charge in [0.05, 0.1) is 25.1 Å². The normalized spacial score (nSPS) is 20.3. The van der Waals surface area contributed by atoms with E-state index in [9.17, 15) is 4.79 Å². The Morgan fingerprint density at radius 2 is 1.42 bits per heavy atom. The summed E-state index contributed by atoms with van der Waals surface area (Å²) in [7, 11) is 0. The predicted molar refractivity (Wildman–Crippen MR) is 72.2 cm³/mol. The molecule has 2 aromatic heterocycles. The predicted octanol–water partition coefficient (Wildman–Crippen LogP) is 4.09. The first-order valence-corrected chi connectivity index (χ1v) is 6.33. The van der Waals surface area contributed by atoms with E-state index >= 15 is 0 Å². The Morgan fingerprint density at radius 1 is 0.895 bits per heavy atom. The summed E-state index contributed by atoms with van der Waals surface area (Å²) in [5, 5.41) is 0. The summed E-state index contributed by atoms with van der Waals surface area (Å²) in [6.45, 7) is 0. The maximum absolute atomic E-state index is 12.4. The number of Topliss-reactive ketones (excluding diaryl/α,β-unsaturated/α-hetero) is 1. The zero-order valence-electron chi connectivity index (χ0n) is 10.5. The van der Waals surface area contributed by atoms with Gasteiger partial charge in [0.15, 0.2) is 5.78 Å². The standard InChI is InChI=1S/C16H14O3/c17-16-14(8-12-4-6-18-10-12)2-1-3-15(16)9-13-5-7-19-11-13/h4-11H,1-3H2/b14-8-,15-9-. The van der Waals surface area contributed by atoms with Crippen LogP contribution in [0, 0.1) is 0 Å². The molecule has 3 rings (SSSR count). The molecule has 19 heavy (non-hydrogen) atoms. The molecule has 0 aliphatic heterocycles. The fourth-order valence-electron chi connectivity index (χ4n) is 2.29. The van der Waals surface area contributed by atoms with Crippen LogP contribution in [0.3, 0.4) is 0 Å². The fraction of sp³-hybridized carbons (Fsp3) is 0.188. The third kappa shape index (κ3) is 2.60. The highest BCUT2D eigenvalue weighted by atomic mass is 16.3. The van der Waals surface area contributed by atoms with Gasteiger partial charge in [-0.3, -0.25) is 4.79 Å². The van der Waals surface area contributed by atoms with Crippen molar-refractivity contribution in [1.29, 1.82) is 0 Å². The lowest BCUT2D eigenvalue weighted by Gasteiger charge is -2.15. The Hall–Kier alpha value is -2.29. The van der Waals surface area contributed by atoms with Crippen molar-refractivity contribution in [3.63, 3.8) is 0 Å². The fourth-order valence-corrected chi connectivity index (χ4v) is 2.29. The molecule has 0 bridgehead atoms. The van der Waals surface area contributed by atoms with Gasteiger partial charge in [-0.25, -0.2) is 0 Å². The maximum atomic E-state index is 12.4. The Bertz CT molecular complexity index is 559. The first kappa shape index (κ1) is 11.8. The van der Waals surface area contributed by atoms with Crippen LogP contribution >= 0.6 is 0 Å². The summed E-state index contributed by atoms with van der Waals surface area (Å²) in [6, 6.07) is 3.71. The Morgan fingerprint density at radius 3 is 1.84 bits per heavy atom. The number of rotatable bonds is 2. The first-order chi connectivity index (χ1) is 9.33. The molecule has 0 unspecified atom stereocenters. The van der Waals surface area contributed by atoms with Crippen LogP contribution in [0.2, 0.25) is 0 Å². The molecule has 0 atom stereocenters. The number of ketones is 1. The summed E-state index contributed by atoms with van der Waals surface area (Å²) in [5.41, 5.74) is 3.57. The summed E-state index contributed by atoms with van der Waals surface area (Å²) < 4.78 is 10.0. The Balaban J connectivity index is 1.87. The van der Waals surface area contributed by atoms with Crippen molar-refractivity contribution in [3.8, 4) is 0 Å². The Kier molecular flexibility index (Phi) is 3.19. The number of furan rings is 2. The average Bonchev–Trinajstić information content (AvgIpc) is 3.07. The highest BCUT2D eigenvalue weighted by Crippen LogP contribution is 2.28. The third-order valence-corrected chi connectivity index (χ3v) is 3.24. The van der Waals surface area contributed by atoms with E-state index in [2.05, 4.69) is 0 Å². The van der Waals surface area contributed by atoms with Crippen molar-refractivity contribution in [1.82, 2.24) is 0 Å². The largest absolute Gasteiger partial charge is 0.472 e. The van der Waals surface area contributed by atoms with Gasteiger partial charge in [0.1, 0.15) is 0 Å². The van der Waals surface area contributed by atoms with E-state index in [0.29, 0.717) is 0 Å². The van der Waals surface area contributed by atoms with Gasteiger partial charge < -0.3 is 8.83 Å². The topological polar surface area (TPSA) is 43.4 Å². The van der Waals surface area contributed by atoms with E-state index in [4.69, 9.17) is 8.83 Å². The van der Waals surface area contributed by atoms with Crippen molar-refractivity contribution >= 4 is 17.9 Å². The number of hydrogen-bond acceptors (Lipinski definition) is 3. The van der Waals surface area contributed by atoms with Crippen LogP contribution in [0.15, 0.2) is 57.2 Å². The molecule has 96 valence electrons. The third-order valence-electron chi connectivity index (χ3n) is 3.24. The van der Waals surface area contributed by atoms with Crippen LogP contribution < -0.4 is 0 Å². The summed E-state index contributed by atoms with van der Waals surface area (Å²) in [6.07, 6.45) is 13.0. The molecule has 0 spiro atoms. The molecule has 3 nitrogen and oxygen atoms in total. The average molecular weight is 254 g/mol. The lowest BCUT2D eigenvalue weighted by Crippen LogP contribution is -2.12. The molecule has 1 saturated carbocycles. The van der Waals surface area contributed by atoms with Gasteiger partial charge in [-0.05, 0) is 43.5 Å². The lowest BCUT2D eigenvalue weighted by atomic mass is 9.87. The molecule has 2 heterocycles. The van der Waals surface area contributed by atoms with Gasteiger partial charge in [-0.15, -0.1) is 0 Å². The van der Waals surface area contributed by atoms with Gasteiger partial charge >= 0.3 is 0 Å². The Labute approximate surface area is 111 Å². The van der Waals surface area contributed by atoms with E-state index < -0.39 is 0 Å². The van der Waals surface area contributed by atoms with Crippen LogP contribution in [-0.4, -0.2) is 5.78 Å². The van der Waals surface area contributed by atoms with Crippen LogP contribution in [0.25, 0.3) is 12.2 Å². The number of carbonyl (C=O) groups excluding carboxylic acids is 1. The van der Waals surface area contributed by atoms with E-state index in [-0.39, 0.29) is 5.78 Å². The summed E-state index contributed by atoms with van der Waals surface area (Å²) in [5.74, 6) is 0.133. The molecule has 0 N–H and O–H groups in total. The molecule has 1 aliphatic rings. The smallest absolute Gasteiger partial charge is 0.185 e. The van der Waals surface area contributed by atoms with Crippen LogP contribution in [0.4, 0.5) is 0 Å². The molecule has 0 saturated heterocycles. The maximum Gasteiger partial charge on any atom is 0.185 e. The summed E-state index contributed by atoms with van der Waals surface area (Å²) in [4.78, 5) is 12.4. The molecule has 1 aliphatic carbocycles. The second-order valence-corrected chi connectivity index (χ2v) is 4.64. The quantitative estimate of drug-likeness (QED) is 0.758. The zero-order valence-corrected chi connectivity index (χ0v) is 10.5. The van der Waals surface area contributed by atoms with Crippen LogP contribution in [-0.2, 0) is 4.79 Å². The van der Waals surface area contributed by atoms with E-state index in [1.165, 1.54) is 0 Å². The molecular weight excluding hydrogens is 240 g/mol.